The lowest BCUT2D eigenvalue weighted by molar-refractivity contribution is -0.139. The molecule has 1 aliphatic rings. The average Bonchev–Trinajstić information content (AvgIpc) is 2.61. The summed E-state index contributed by atoms with van der Waals surface area (Å²) in [4.78, 5) is 27.9. The number of likely N-dealkylation sites (N-methyl/N-ethyl adjacent to an activating group) is 1. The van der Waals surface area contributed by atoms with Gasteiger partial charge >= 0.3 is 0 Å². The summed E-state index contributed by atoms with van der Waals surface area (Å²) in [5, 5.41) is 0. The van der Waals surface area contributed by atoms with Gasteiger partial charge in [-0.3, -0.25) is 14.5 Å². The van der Waals surface area contributed by atoms with Crippen molar-refractivity contribution < 1.29 is 9.59 Å². The van der Waals surface area contributed by atoms with E-state index in [-0.39, 0.29) is 23.8 Å². The molecule has 0 spiro atoms. The van der Waals surface area contributed by atoms with Gasteiger partial charge < -0.3 is 10.6 Å². The predicted octanol–water partition coefficient (Wildman–Crippen LogP) is 1.66. The highest BCUT2D eigenvalue weighted by Crippen LogP contribution is 2.18. The molecule has 0 unspecified atom stereocenters. The van der Waals surface area contributed by atoms with Crippen LogP contribution in [-0.4, -0.2) is 54.3 Å². The van der Waals surface area contributed by atoms with Crippen LogP contribution in [0, 0.1) is 5.92 Å². The third kappa shape index (κ3) is 5.06. The number of piperidine rings is 1. The van der Waals surface area contributed by atoms with Gasteiger partial charge in [0.1, 0.15) is 0 Å². The Morgan fingerprint density at radius 1 is 1.33 bits per heavy atom. The Labute approximate surface area is 144 Å². The second-order valence-corrected chi connectivity index (χ2v) is 6.77. The monoisotopic (exact) mass is 331 g/mol. The second-order valence-electron chi connectivity index (χ2n) is 6.77. The number of rotatable bonds is 7. The molecule has 132 valence electrons. The maximum Gasteiger partial charge on any atom is 0.239 e. The zero-order chi connectivity index (χ0) is 17.5. The number of nitrogens with two attached hydrogens (primary N) is 1. The van der Waals surface area contributed by atoms with Gasteiger partial charge in [-0.2, -0.15) is 0 Å². The Morgan fingerprint density at radius 3 is 2.71 bits per heavy atom. The Morgan fingerprint density at radius 2 is 2.04 bits per heavy atom. The molecule has 24 heavy (non-hydrogen) atoms. The zero-order valence-corrected chi connectivity index (χ0v) is 14.8. The fraction of sp³-hybridized carbons (Fsp3) is 0.579. The van der Waals surface area contributed by atoms with E-state index in [1.54, 1.807) is 4.90 Å². The molecule has 5 heteroatoms. The number of amides is 2. The Hall–Kier alpha value is -1.88. The van der Waals surface area contributed by atoms with Crippen LogP contribution in [0.2, 0.25) is 0 Å². The van der Waals surface area contributed by atoms with Gasteiger partial charge in [-0.05, 0) is 51.8 Å². The smallest absolute Gasteiger partial charge is 0.239 e. The first-order valence-corrected chi connectivity index (χ1v) is 8.81. The van der Waals surface area contributed by atoms with Crippen molar-refractivity contribution in [2.45, 2.75) is 38.6 Å². The van der Waals surface area contributed by atoms with Crippen LogP contribution in [0.1, 0.15) is 31.7 Å². The standard InChI is InChI=1S/C19H29N3O2/c1-15(19(24)22-13-7-11-17(14-22)18(20)23)21(2)12-6-10-16-8-4-3-5-9-16/h3-5,8-9,15,17H,6-7,10-14H2,1-2H3,(H2,20,23)/t15-,17+/m0/s1. The first-order chi connectivity index (χ1) is 11.5. The van der Waals surface area contributed by atoms with Crippen molar-refractivity contribution in [1.29, 1.82) is 0 Å². The Bertz CT molecular complexity index is 547. The van der Waals surface area contributed by atoms with Crippen molar-refractivity contribution in [3.05, 3.63) is 35.9 Å². The summed E-state index contributed by atoms with van der Waals surface area (Å²) >= 11 is 0. The number of hydrogen-bond donors (Lipinski definition) is 1. The minimum atomic E-state index is -0.295. The van der Waals surface area contributed by atoms with Crippen LogP contribution in [0.4, 0.5) is 0 Å². The van der Waals surface area contributed by atoms with Crippen LogP contribution in [0.25, 0.3) is 0 Å². The first kappa shape index (κ1) is 18.5. The largest absolute Gasteiger partial charge is 0.369 e. The number of hydrogen-bond acceptors (Lipinski definition) is 3. The summed E-state index contributed by atoms with van der Waals surface area (Å²) < 4.78 is 0. The van der Waals surface area contributed by atoms with Crippen molar-refractivity contribution in [2.24, 2.45) is 11.7 Å². The molecule has 1 aromatic rings. The molecule has 0 saturated carbocycles. The fourth-order valence-corrected chi connectivity index (χ4v) is 3.23. The fourth-order valence-electron chi connectivity index (χ4n) is 3.23. The van der Waals surface area contributed by atoms with Gasteiger partial charge in [0.05, 0.1) is 12.0 Å². The number of primary amides is 1. The van der Waals surface area contributed by atoms with E-state index >= 15 is 0 Å². The maximum atomic E-state index is 12.7. The lowest BCUT2D eigenvalue weighted by Gasteiger charge is -2.35. The summed E-state index contributed by atoms with van der Waals surface area (Å²) in [6.45, 7) is 4.01. The molecule has 0 aromatic heterocycles. The number of carbonyl (C=O) groups excluding carboxylic acids is 2. The lowest BCUT2D eigenvalue weighted by atomic mass is 9.97. The maximum absolute atomic E-state index is 12.7. The molecular weight excluding hydrogens is 302 g/mol. The summed E-state index contributed by atoms with van der Waals surface area (Å²) in [6, 6.07) is 10.2. The third-order valence-corrected chi connectivity index (χ3v) is 4.97. The van der Waals surface area contributed by atoms with Crippen molar-refractivity contribution in [1.82, 2.24) is 9.80 Å². The molecule has 1 fully saturated rings. The van der Waals surface area contributed by atoms with E-state index in [0.717, 1.165) is 38.8 Å². The number of nitrogens with zero attached hydrogens (tertiary/aromatic N) is 2. The highest BCUT2D eigenvalue weighted by Gasteiger charge is 2.30. The number of likely N-dealkylation sites (tertiary alicyclic amines) is 1. The minimum Gasteiger partial charge on any atom is -0.369 e. The van der Waals surface area contributed by atoms with Crippen LogP contribution in [-0.2, 0) is 16.0 Å². The van der Waals surface area contributed by atoms with E-state index in [0.29, 0.717) is 6.54 Å². The number of carbonyl (C=O) groups is 2. The van der Waals surface area contributed by atoms with Gasteiger partial charge in [0, 0.05) is 13.1 Å². The highest BCUT2D eigenvalue weighted by atomic mass is 16.2. The molecule has 1 saturated heterocycles. The van der Waals surface area contributed by atoms with E-state index in [1.165, 1.54) is 5.56 Å². The molecule has 1 aromatic carbocycles. The van der Waals surface area contributed by atoms with Crippen LogP contribution < -0.4 is 5.73 Å². The van der Waals surface area contributed by atoms with Crippen LogP contribution in [0.15, 0.2) is 30.3 Å². The lowest BCUT2D eigenvalue weighted by Crippen LogP contribution is -2.51. The molecule has 2 amide bonds. The van der Waals surface area contributed by atoms with Gasteiger partial charge in [0.2, 0.25) is 11.8 Å². The van der Waals surface area contributed by atoms with E-state index in [1.807, 2.05) is 20.0 Å². The Kier molecular flexibility index (Phi) is 6.79. The van der Waals surface area contributed by atoms with Gasteiger partial charge in [-0.1, -0.05) is 30.3 Å². The normalized spacial score (nSPS) is 19.3. The van der Waals surface area contributed by atoms with Gasteiger partial charge in [-0.15, -0.1) is 0 Å². The van der Waals surface area contributed by atoms with Gasteiger partial charge in [0.25, 0.3) is 0 Å². The van der Waals surface area contributed by atoms with Crippen LogP contribution in [0.3, 0.4) is 0 Å². The van der Waals surface area contributed by atoms with E-state index < -0.39 is 0 Å². The molecule has 0 radical (unpaired) electrons. The molecule has 1 heterocycles. The van der Waals surface area contributed by atoms with E-state index in [2.05, 4.69) is 29.2 Å². The molecule has 0 bridgehead atoms. The number of benzene rings is 1. The quantitative estimate of drug-likeness (QED) is 0.826. The van der Waals surface area contributed by atoms with Gasteiger partial charge in [0.15, 0.2) is 0 Å². The van der Waals surface area contributed by atoms with Crippen molar-refractivity contribution in [2.75, 3.05) is 26.7 Å². The van der Waals surface area contributed by atoms with Crippen molar-refractivity contribution in [3.63, 3.8) is 0 Å². The van der Waals surface area contributed by atoms with Crippen molar-refractivity contribution in [3.8, 4) is 0 Å². The summed E-state index contributed by atoms with van der Waals surface area (Å²) in [7, 11) is 1.99. The highest BCUT2D eigenvalue weighted by molar-refractivity contribution is 5.83. The number of aryl methyl sites for hydroxylation is 1. The van der Waals surface area contributed by atoms with Gasteiger partial charge in [-0.25, -0.2) is 0 Å². The first-order valence-electron chi connectivity index (χ1n) is 8.81. The molecule has 0 aliphatic carbocycles. The minimum absolute atomic E-state index is 0.100. The summed E-state index contributed by atoms with van der Waals surface area (Å²) in [5.41, 5.74) is 6.72. The molecule has 2 atom stereocenters. The summed E-state index contributed by atoms with van der Waals surface area (Å²) in [5.74, 6) is -0.391. The van der Waals surface area contributed by atoms with E-state index in [4.69, 9.17) is 5.73 Å². The van der Waals surface area contributed by atoms with Crippen LogP contribution in [0.5, 0.6) is 0 Å². The van der Waals surface area contributed by atoms with Crippen LogP contribution >= 0.6 is 0 Å². The third-order valence-electron chi connectivity index (χ3n) is 4.97. The molecule has 5 nitrogen and oxygen atoms in total. The zero-order valence-electron chi connectivity index (χ0n) is 14.8. The SMILES string of the molecule is C[C@@H](C(=O)N1CCC[C@@H](C(N)=O)C1)N(C)CCCc1ccccc1. The van der Waals surface area contributed by atoms with Crippen molar-refractivity contribution >= 4 is 11.8 Å². The topological polar surface area (TPSA) is 66.6 Å². The Balaban J connectivity index is 1.80. The molecular formula is C19H29N3O2. The molecule has 2 N–H and O–H groups in total. The van der Waals surface area contributed by atoms with E-state index in [9.17, 15) is 9.59 Å². The summed E-state index contributed by atoms with van der Waals surface area (Å²) in [6.07, 6.45) is 3.67. The average molecular weight is 331 g/mol. The second kappa shape index (κ2) is 8.83. The predicted molar refractivity (Wildman–Crippen MR) is 95.4 cm³/mol. The molecule has 2 rings (SSSR count). The molecule has 1 aliphatic heterocycles.